The number of carbonyl (C=O) groups is 2. The molecule has 0 bridgehead atoms. The fourth-order valence-corrected chi connectivity index (χ4v) is 2.13. The quantitative estimate of drug-likeness (QED) is 0.647. The molecular formula is C11H16O4. The van der Waals surface area contributed by atoms with Crippen molar-refractivity contribution in [3.63, 3.8) is 0 Å². The monoisotopic (exact) mass is 212 g/mol. The van der Waals surface area contributed by atoms with E-state index in [1.807, 2.05) is 0 Å². The van der Waals surface area contributed by atoms with E-state index in [0.717, 1.165) is 0 Å². The number of methoxy groups -OCH3 is 2. The highest BCUT2D eigenvalue weighted by Gasteiger charge is 2.54. The summed E-state index contributed by atoms with van der Waals surface area (Å²) in [4.78, 5) is 23.5. The van der Waals surface area contributed by atoms with Gasteiger partial charge < -0.3 is 9.47 Å². The second kappa shape index (κ2) is 3.68. The molecule has 0 unspecified atom stereocenters. The predicted octanol–water partition coefficient (Wildman–Crippen LogP) is 1.30. The summed E-state index contributed by atoms with van der Waals surface area (Å²) in [5, 5.41) is 0. The van der Waals surface area contributed by atoms with Crippen molar-refractivity contribution in [1.29, 1.82) is 0 Å². The van der Waals surface area contributed by atoms with Crippen LogP contribution < -0.4 is 0 Å². The molecule has 15 heavy (non-hydrogen) atoms. The van der Waals surface area contributed by atoms with Crippen LogP contribution in [0.1, 0.15) is 20.8 Å². The number of esters is 1. The van der Waals surface area contributed by atoms with Crippen LogP contribution >= 0.6 is 0 Å². The molecule has 0 aliphatic heterocycles. The highest BCUT2D eigenvalue weighted by Crippen LogP contribution is 2.45. The number of ketones is 1. The van der Waals surface area contributed by atoms with Crippen molar-refractivity contribution >= 4 is 11.8 Å². The van der Waals surface area contributed by atoms with Crippen molar-refractivity contribution in [2.75, 3.05) is 14.2 Å². The molecule has 0 heterocycles. The lowest BCUT2D eigenvalue weighted by Crippen LogP contribution is -2.36. The van der Waals surface area contributed by atoms with Crippen molar-refractivity contribution in [3.05, 3.63) is 11.3 Å². The molecule has 0 aromatic carbocycles. The van der Waals surface area contributed by atoms with Gasteiger partial charge in [-0.15, -0.1) is 0 Å². The number of rotatable bonds is 2. The number of allylic oxidation sites excluding steroid dienone is 1. The van der Waals surface area contributed by atoms with Crippen LogP contribution in [0.4, 0.5) is 0 Å². The van der Waals surface area contributed by atoms with Crippen LogP contribution in [-0.2, 0) is 19.1 Å². The van der Waals surface area contributed by atoms with Crippen molar-refractivity contribution in [3.8, 4) is 0 Å². The topological polar surface area (TPSA) is 52.6 Å². The first-order valence-corrected chi connectivity index (χ1v) is 4.79. The van der Waals surface area contributed by atoms with Gasteiger partial charge in [0, 0.05) is 11.5 Å². The molecule has 1 aliphatic carbocycles. The largest absolute Gasteiger partial charge is 0.499 e. The number of ether oxygens (including phenoxy) is 2. The van der Waals surface area contributed by atoms with E-state index in [4.69, 9.17) is 9.47 Å². The van der Waals surface area contributed by atoms with Crippen LogP contribution in [0.15, 0.2) is 11.3 Å². The summed E-state index contributed by atoms with van der Waals surface area (Å²) in [5.41, 5.74) is -0.470. The Morgan fingerprint density at radius 3 is 2.33 bits per heavy atom. The second-order valence-electron chi connectivity index (χ2n) is 3.94. The van der Waals surface area contributed by atoms with Gasteiger partial charge in [-0.3, -0.25) is 9.59 Å². The average Bonchev–Trinajstić information content (AvgIpc) is 2.40. The summed E-state index contributed by atoms with van der Waals surface area (Å²) < 4.78 is 9.89. The smallest absolute Gasteiger partial charge is 0.319 e. The van der Waals surface area contributed by atoms with E-state index in [-0.39, 0.29) is 5.78 Å². The van der Waals surface area contributed by atoms with Crippen LogP contribution in [0, 0.1) is 11.3 Å². The Balaban J connectivity index is 3.29. The zero-order valence-corrected chi connectivity index (χ0v) is 9.71. The first-order chi connectivity index (χ1) is 6.91. The molecule has 0 radical (unpaired) electrons. The van der Waals surface area contributed by atoms with Gasteiger partial charge in [-0.25, -0.2) is 0 Å². The van der Waals surface area contributed by atoms with Crippen molar-refractivity contribution in [1.82, 2.24) is 0 Å². The Kier molecular flexibility index (Phi) is 2.88. The molecule has 0 spiro atoms. The third-order valence-corrected chi connectivity index (χ3v) is 3.25. The third kappa shape index (κ3) is 1.35. The minimum absolute atomic E-state index is 0.0558. The van der Waals surface area contributed by atoms with Gasteiger partial charge in [-0.05, 0) is 13.8 Å². The molecule has 1 rings (SSSR count). The van der Waals surface area contributed by atoms with Gasteiger partial charge in [-0.2, -0.15) is 0 Å². The Morgan fingerprint density at radius 1 is 1.40 bits per heavy atom. The zero-order chi connectivity index (χ0) is 11.8. The fraction of sp³-hybridized carbons (Fsp3) is 0.636. The molecule has 4 nitrogen and oxygen atoms in total. The van der Waals surface area contributed by atoms with Crippen LogP contribution in [0.2, 0.25) is 0 Å². The van der Waals surface area contributed by atoms with Crippen LogP contribution in [-0.4, -0.2) is 26.0 Å². The molecule has 4 heteroatoms. The van der Waals surface area contributed by atoms with E-state index >= 15 is 0 Å². The van der Waals surface area contributed by atoms with E-state index in [1.165, 1.54) is 14.2 Å². The first kappa shape index (κ1) is 11.8. The van der Waals surface area contributed by atoms with Crippen LogP contribution in [0.3, 0.4) is 0 Å². The van der Waals surface area contributed by atoms with Gasteiger partial charge >= 0.3 is 5.97 Å². The summed E-state index contributed by atoms with van der Waals surface area (Å²) in [6.45, 7) is 5.07. The SMILES string of the molecule is COC(=O)[C@]1(C)C(OC)=C(C)C(=O)[C@H]1C. The minimum Gasteiger partial charge on any atom is -0.499 e. The summed E-state index contributed by atoms with van der Waals surface area (Å²) in [7, 11) is 2.77. The number of hydrogen-bond donors (Lipinski definition) is 0. The Morgan fingerprint density at radius 2 is 1.93 bits per heavy atom. The lowest BCUT2D eigenvalue weighted by atomic mass is 9.79. The number of Topliss-reactive ketones (excluding diaryl/α,β-unsaturated/α-hetero) is 1. The molecular weight excluding hydrogens is 196 g/mol. The van der Waals surface area contributed by atoms with Crippen LogP contribution in [0.25, 0.3) is 0 Å². The predicted molar refractivity (Wildman–Crippen MR) is 54.0 cm³/mol. The molecule has 2 atom stereocenters. The third-order valence-electron chi connectivity index (χ3n) is 3.25. The number of hydrogen-bond acceptors (Lipinski definition) is 4. The van der Waals surface area contributed by atoms with Gasteiger partial charge in [0.05, 0.1) is 14.2 Å². The Bertz CT molecular complexity index is 342. The van der Waals surface area contributed by atoms with Gasteiger partial charge in [-0.1, -0.05) is 6.92 Å². The first-order valence-electron chi connectivity index (χ1n) is 4.79. The van der Waals surface area contributed by atoms with Crippen molar-refractivity contribution in [2.24, 2.45) is 11.3 Å². The molecule has 0 amide bonds. The van der Waals surface area contributed by atoms with Crippen LogP contribution in [0.5, 0.6) is 0 Å². The Hall–Kier alpha value is -1.32. The maximum Gasteiger partial charge on any atom is 0.319 e. The lowest BCUT2D eigenvalue weighted by Gasteiger charge is -2.27. The van der Waals surface area contributed by atoms with Crippen molar-refractivity contribution < 1.29 is 19.1 Å². The molecule has 0 N–H and O–H groups in total. The van der Waals surface area contributed by atoms with E-state index in [1.54, 1.807) is 20.8 Å². The van der Waals surface area contributed by atoms with Crippen molar-refractivity contribution in [2.45, 2.75) is 20.8 Å². The van der Waals surface area contributed by atoms with E-state index in [9.17, 15) is 9.59 Å². The standard InChI is InChI=1S/C11H16O4/c1-6-8(12)7(2)11(3,9(6)14-4)10(13)15-5/h7H,1-5H3/t7-,11+/m1/s1. The zero-order valence-electron chi connectivity index (χ0n) is 9.71. The molecule has 0 saturated heterocycles. The summed E-state index contributed by atoms with van der Waals surface area (Å²) in [5.74, 6) is -0.497. The maximum atomic E-state index is 11.8. The van der Waals surface area contributed by atoms with Gasteiger partial charge in [0.1, 0.15) is 11.2 Å². The van der Waals surface area contributed by atoms with E-state index in [0.29, 0.717) is 11.3 Å². The summed E-state index contributed by atoms with van der Waals surface area (Å²) >= 11 is 0. The van der Waals surface area contributed by atoms with Gasteiger partial charge in [0.2, 0.25) is 0 Å². The Labute approximate surface area is 89.2 Å². The lowest BCUT2D eigenvalue weighted by molar-refractivity contribution is -0.155. The molecule has 0 saturated carbocycles. The normalized spacial score (nSPS) is 30.7. The second-order valence-corrected chi connectivity index (χ2v) is 3.94. The summed E-state index contributed by atoms with van der Waals surface area (Å²) in [6, 6.07) is 0. The minimum atomic E-state index is -0.981. The molecule has 1 aliphatic rings. The molecule has 84 valence electrons. The number of carbonyl (C=O) groups excluding carboxylic acids is 2. The van der Waals surface area contributed by atoms with Gasteiger partial charge in [0.15, 0.2) is 5.78 Å². The summed E-state index contributed by atoms with van der Waals surface area (Å²) in [6.07, 6.45) is 0. The van der Waals surface area contributed by atoms with E-state index < -0.39 is 17.3 Å². The fourth-order valence-electron chi connectivity index (χ4n) is 2.13. The van der Waals surface area contributed by atoms with Gasteiger partial charge in [0.25, 0.3) is 0 Å². The highest BCUT2D eigenvalue weighted by molar-refractivity contribution is 6.05. The molecule has 0 aromatic heterocycles. The van der Waals surface area contributed by atoms with E-state index in [2.05, 4.69) is 0 Å². The maximum absolute atomic E-state index is 11.8. The molecule has 0 aromatic rings. The highest BCUT2D eigenvalue weighted by atomic mass is 16.5. The molecule has 0 fully saturated rings. The average molecular weight is 212 g/mol.